The van der Waals surface area contributed by atoms with E-state index < -0.39 is 0 Å². The topological polar surface area (TPSA) is 21.3 Å². The molecule has 0 aromatic carbocycles. The third kappa shape index (κ3) is 3.08. The van der Waals surface area contributed by atoms with Crippen molar-refractivity contribution in [3.05, 3.63) is 0 Å². The van der Waals surface area contributed by atoms with E-state index in [0.717, 1.165) is 25.4 Å². The molecule has 1 aliphatic heterocycles. The van der Waals surface area contributed by atoms with Crippen LogP contribution in [0.25, 0.3) is 0 Å². The molecule has 0 bridgehead atoms. The van der Waals surface area contributed by atoms with E-state index >= 15 is 0 Å². The second kappa shape index (κ2) is 5.92. The molecule has 1 saturated heterocycles. The minimum atomic E-state index is 0.102. The van der Waals surface area contributed by atoms with Gasteiger partial charge in [0.1, 0.15) is 0 Å². The first kappa shape index (κ1) is 14.3. The van der Waals surface area contributed by atoms with Crippen LogP contribution in [0.3, 0.4) is 0 Å². The molecule has 0 radical (unpaired) electrons. The number of morpholine rings is 1. The fraction of sp³-hybridized carbons (Fsp3) is 1.00. The van der Waals surface area contributed by atoms with E-state index in [1.54, 1.807) is 0 Å². The average Bonchev–Trinajstić information content (AvgIpc) is 2.39. The molecule has 2 atom stereocenters. The van der Waals surface area contributed by atoms with Gasteiger partial charge in [-0.15, -0.1) is 0 Å². The molecular weight excluding hydrogens is 222 g/mol. The predicted octanol–water partition coefficient (Wildman–Crippen LogP) is 3.89. The average molecular weight is 253 g/mol. The van der Waals surface area contributed by atoms with Gasteiger partial charge < -0.3 is 10.1 Å². The van der Waals surface area contributed by atoms with Gasteiger partial charge in [-0.3, -0.25) is 0 Å². The molecule has 2 unspecified atom stereocenters. The Morgan fingerprint density at radius 3 is 2.44 bits per heavy atom. The first-order chi connectivity index (χ1) is 8.64. The van der Waals surface area contributed by atoms with Crippen molar-refractivity contribution in [2.45, 2.75) is 83.3 Å². The molecule has 2 nitrogen and oxygen atoms in total. The Hall–Kier alpha value is -0.0800. The molecule has 2 fully saturated rings. The quantitative estimate of drug-likeness (QED) is 0.820. The Balaban J connectivity index is 2.06. The number of nitrogens with one attached hydrogen (secondary N) is 1. The van der Waals surface area contributed by atoms with Crippen LogP contribution in [0.5, 0.6) is 0 Å². The zero-order valence-electron chi connectivity index (χ0n) is 12.6. The molecule has 0 amide bonds. The Bertz CT molecular complexity index is 254. The monoisotopic (exact) mass is 253 g/mol. The first-order valence-corrected chi connectivity index (χ1v) is 8.04. The van der Waals surface area contributed by atoms with Crippen molar-refractivity contribution in [2.75, 3.05) is 13.1 Å². The van der Waals surface area contributed by atoms with Crippen molar-refractivity contribution in [3.8, 4) is 0 Å². The molecule has 2 heteroatoms. The number of rotatable bonds is 4. The molecule has 18 heavy (non-hydrogen) atoms. The number of ether oxygens (including phenoxy) is 1. The summed E-state index contributed by atoms with van der Waals surface area (Å²) < 4.78 is 6.76. The van der Waals surface area contributed by atoms with Crippen LogP contribution in [-0.4, -0.2) is 24.3 Å². The van der Waals surface area contributed by atoms with Crippen molar-refractivity contribution in [1.29, 1.82) is 0 Å². The lowest BCUT2D eigenvalue weighted by Gasteiger charge is -2.51. The summed E-state index contributed by atoms with van der Waals surface area (Å²) in [5.74, 6) is 0.769. The summed E-state index contributed by atoms with van der Waals surface area (Å²) >= 11 is 0. The van der Waals surface area contributed by atoms with Crippen molar-refractivity contribution >= 4 is 0 Å². The van der Waals surface area contributed by atoms with E-state index in [1.807, 2.05) is 0 Å². The summed E-state index contributed by atoms with van der Waals surface area (Å²) in [5, 5.41) is 3.69. The van der Waals surface area contributed by atoms with Crippen LogP contribution < -0.4 is 5.32 Å². The summed E-state index contributed by atoms with van der Waals surface area (Å²) in [6.07, 6.45) is 10.3. The third-order valence-corrected chi connectivity index (χ3v) is 5.15. The maximum atomic E-state index is 6.76. The van der Waals surface area contributed by atoms with Gasteiger partial charge >= 0.3 is 0 Å². The van der Waals surface area contributed by atoms with Crippen LogP contribution in [-0.2, 0) is 4.74 Å². The molecule has 1 spiro atoms. The Kier molecular flexibility index (Phi) is 4.71. The van der Waals surface area contributed by atoms with Crippen LogP contribution in [0.1, 0.15) is 72.1 Å². The maximum Gasteiger partial charge on any atom is 0.0814 e. The highest BCUT2D eigenvalue weighted by Crippen LogP contribution is 2.40. The van der Waals surface area contributed by atoms with Gasteiger partial charge in [0.15, 0.2) is 0 Å². The van der Waals surface area contributed by atoms with E-state index in [4.69, 9.17) is 4.74 Å². The van der Waals surface area contributed by atoms with E-state index in [2.05, 4.69) is 26.1 Å². The summed E-state index contributed by atoms with van der Waals surface area (Å²) in [6.45, 7) is 9.08. The highest BCUT2D eigenvalue weighted by Gasteiger charge is 2.45. The lowest BCUT2D eigenvalue weighted by Crippen LogP contribution is -2.61. The van der Waals surface area contributed by atoms with E-state index in [0.29, 0.717) is 0 Å². The second-order valence-electron chi connectivity index (χ2n) is 6.70. The van der Waals surface area contributed by atoms with E-state index in [9.17, 15) is 0 Å². The summed E-state index contributed by atoms with van der Waals surface area (Å²) in [6, 6.07) is 0. The van der Waals surface area contributed by atoms with Crippen molar-refractivity contribution in [2.24, 2.45) is 5.92 Å². The van der Waals surface area contributed by atoms with Gasteiger partial charge in [0.2, 0.25) is 0 Å². The fourth-order valence-corrected chi connectivity index (χ4v) is 3.76. The Labute approximate surface area is 113 Å². The molecule has 1 saturated carbocycles. The smallest absolute Gasteiger partial charge is 0.0814 e. The van der Waals surface area contributed by atoms with Crippen LogP contribution in [0.15, 0.2) is 0 Å². The summed E-state index contributed by atoms with van der Waals surface area (Å²) in [7, 11) is 0. The lowest BCUT2D eigenvalue weighted by molar-refractivity contribution is -0.199. The van der Waals surface area contributed by atoms with Gasteiger partial charge in [0.05, 0.1) is 11.2 Å². The minimum absolute atomic E-state index is 0.102. The number of hydrogen-bond acceptors (Lipinski definition) is 2. The van der Waals surface area contributed by atoms with Gasteiger partial charge in [0.25, 0.3) is 0 Å². The molecule has 2 rings (SSSR count). The van der Waals surface area contributed by atoms with Gasteiger partial charge in [-0.25, -0.2) is 0 Å². The summed E-state index contributed by atoms with van der Waals surface area (Å²) in [4.78, 5) is 0. The summed E-state index contributed by atoms with van der Waals surface area (Å²) in [5.41, 5.74) is 0.269. The Morgan fingerprint density at radius 2 is 1.83 bits per heavy atom. The number of hydrogen-bond donors (Lipinski definition) is 1. The van der Waals surface area contributed by atoms with Gasteiger partial charge in [-0.1, -0.05) is 46.5 Å². The van der Waals surface area contributed by atoms with Gasteiger partial charge in [0, 0.05) is 13.1 Å². The molecule has 1 heterocycles. The maximum absolute atomic E-state index is 6.76. The molecular formula is C16H31NO. The van der Waals surface area contributed by atoms with Gasteiger partial charge in [-0.05, 0) is 31.6 Å². The molecule has 0 aromatic heterocycles. The van der Waals surface area contributed by atoms with Crippen LogP contribution in [0.2, 0.25) is 0 Å². The molecule has 106 valence electrons. The predicted molar refractivity (Wildman–Crippen MR) is 76.9 cm³/mol. The Morgan fingerprint density at radius 1 is 1.11 bits per heavy atom. The normalized spacial score (nSPS) is 33.5. The molecule has 0 aromatic rings. The molecule has 1 aliphatic carbocycles. The van der Waals surface area contributed by atoms with Crippen molar-refractivity contribution < 1.29 is 4.74 Å². The first-order valence-electron chi connectivity index (χ1n) is 8.04. The second-order valence-corrected chi connectivity index (χ2v) is 6.70. The molecule has 1 N–H and O–H groups in total. The molecule has 2 aliphatic rings. The van der Waals surface area contributed by atoms with Crippen LogP contribution in [0.4, 0.5) is 0 Å². The lowest BCUT2D eigenvalue weighted by atomic mass is 9.79. The van der Waals surface area contributed by atoms with Crippen molar-refractivity contribution in [1.82, 2.24) is 5.32 Å². The highest BCUT2D eigenvalue weighted by atomic mass is 16.5. The minimum Gasteiger partial charge on any atom is -0.366 e. The largest absolute Gasteiger partial charge is 0.366 e. The van der Waals surface area contributed by atoms with E-state index in [1.165, 1.54) is 44.9 Å². The highest BCUT2D eigenvalue weighted by molar-refractivity contribution is 4.98. The van der Waals surface area contributed by atoms with Gasteiger partial charge in [-0.2, -0.15) is 0 Å². The SMILES string of the molecule is CCC(C)CC1(CC)CNCC2(CCCCC2)O1. The zero-order valence-corrected chi connectivity index (χ0v) is 12.6. The van der Waals surface area contributed by atoms with E-state index in [-0.39, 0.29) is 11.2 Å². The van der Waals surface area contributed by atoms with Crippen LogP contribution in [0, 0.1) is 5.92 Å². The van der Waals surface area contributed by atoms with Crippen LogP contribution >= 0.6 is 0 Å². The fourth-order valence-electron chi connectivity index (χ4n) is 3.76. The zero-order chi connectivity index (χ0) is 13.1. The van der Waals surface area contributed by atoms with Crippen molar-refractivity contribution in [3.63, 3.8) is 0 Å². The third-order valence-electron chi connectivity index (χ3n) is 5.15. The standard InChI is InChI=1S/C16H31NO/c1-4-14(3)11-15(5-2)12-17-13-16(18-15)9-7-6-8-10-16/h14,17H,4-13H2,1-3H3.